The van der Waals surface area contributed by atoms with Crippen LogP contribution in [0.25, 0.3) is 0 Å². The van der Waals surface area contributed by atoms with Crippen LogP contribution in [0.4, 0.5) is 16.2 Å². The first-order chi connectivity index (χ1) is 18.7. The number of ether oxygens (including phenoxy) is 2. The molecule has 1 saturated heterocycles. The lowest BCUT2D eigenvalue weighted by Gasteiger charge is -2.22. The van der Waals surface area contributed by atoms with Gasteiger partial charge in [-0.05, 0) is 66.4 Å². The summed E-state index contributed by atoms with van der Waals surface area (Å²) in [5.41, 5.74) is 0.980. The summed E-state index contributed by atoms with van der Waals surface area (Å²) >= 11 is 0. The molecule has 4 amide bonds. The molecule has 1 heterocycles. The van der Waals surface area contributed by atoms with Crippen molar-refractivity contribution in [2.45, 2.75) is 23.3 Å². The van der Waals surface area contributed by atoms with Gasteiger partial charge in [-0.3, -0.25) is 19.2 Å². The number of amides is 4. The predicted molar refractivity (Wildman–Crippen MR) is 142 cm³/mol. The van der Waals surface area contributed by atoms with Crippen molar-refractivity contribution in [1.29, 1.82) is 0 Å². The van der Waals surface area contributed by atoms with Gasteiger partial charge in [-0.2, -0.15) is 0 Å². The van der Waals surface area contributed by atoms with Crippen LogP contribution in [-0.4, -0.2) is 51.9 Å². The summed E-state index contributed by atoms with van der Waals surface area (Å²) < 4.78 is 39.1. The highest BCUT2D eigenvalue weighted by atomic mass is 32.2. The molecule has 3 aromatic rings. The molecule has 39 heavy (non-hydrogen) atoms. The lowest BCUT2D eigenvalue weighted by atomic mass is 9.92. The fourth-order valence-electron chi connectivity index (χ4n) is 4.91. The molecule has 11 nitrogen and oxygen atoms in total. The minimum Gasteiger partial charge on any atom is -0.497 e. The van der Waals surface area contributed by atoms with Crippen molar-refractivity contribution in [3.05, 3.63) is 77.9 Å². The van der Waals surface area contributed by atoms with E-state index < -0.39 is 40.0 Å². The van der Waals surface area contributed by atoms with Crippen LogP contribution in [0.1, 0.15) is 17.5 Å². The van der Waals surface area contributed by atoms with E-state index in [4.69, 9.17) is 9.47 Å². The maximum absolute atomic E-state index is 13.3. The minimum absolute atomic E-state index is 0.0601. The Bertz CT molecular complexity index is 1570. The van der Waals surface area contributed by atoms with Crippen LogP contribution in [0.2, 0.25) is 0 Å². The molecule has 12 heteroatoms. The highest BCUT2D eigenvalue weighted by Crippen LogP contribution is 2.41. The molecule has 1 unspecified atom stereocenters. The second kappa shape index (κ2) is 9.95. The van der Waals surface area contributed by atoms with E-state index in [0.29, 0.717) is 24.3 Å². The number of anilines is 2. The predicted octanol–water partition coefficient (Wildman–Crippen LogP) is 2.84. The third kappa shape index (κ3) is 4.74. The molecule has 0 aromatic heterocycles. The number of hydrogen-bond donors (Lipinski definition) is 3. The smallest absolute Gasteiger partial charge is 0.325 e. The number of fused-ring (bicyclic) bond motifs is 2. The average Bonchev–Trinajstić information content (AvgIpc) is 3.41. The van der Waals surface area contributed by atoms with E-state index in [1.807, 2.05) is 18.2 Å². The first-order valence-corrected chi connectivity index (χ1v) is 13.5. The average molecular weight is 551 g/mol. The van der Waals surface area contributed by atoms with Gasteiger partial charge in [0.1, 0.15) is 28.5 Å². The van der Waals surface area contributed by atoms with Gasteiger partial charge in [-0.15, -0.1) is 0 Å². The first kappa shape index (κ1) is 26.0. The van der Waals surface area contributed by atoms with Crippen molar-refractivity contribution in [3.63, 3.8) is 0 Å². The van der Waals surface area contributed by atoms with Crippen molar-refractivity contribution in [2.75, 3.05) is 30.8 Å². The number of carbonyl (C=O) groups excluding carboxylic acids is 3. The fourth-order valence-corrected chi connectivity index (χ4v) is 6.17. The highest BCUT2D eigenvalue weighted by molar-refractivity contribution is 7.92. The van der Waals surface area contributed by atoms with Crippen molar-refractivity contribution >= 4 is 39.2 Å². The monoisotopic (exact) mass is 550 g/mol. The summed E-state index contributed by atoms with van der Waals surface area (Å²) in [6, 6.07) is 17.1. The van der Waals surface area contributed by atoms with Crippen LogP contribution in [0.3, 0.4) is 0 Å². The number of aryl methyl sites for hydroxylation is 1. The molecule has 1 aliphatic carbocycles. The first-order valence-electron chi connectivity index (χ1n) is 12.0. The largest absolute Gasteiger partial charge is 0.497 e. The molecular formula is C27H26N4O7S. The van der Waals surface area contributed by atoms with Gasteiger partial charge < -0.3 is 20.1 Å². The number of sulfonamides is 1. The number of urea groups is 1. The molecule has 3 N–H and O–H groups in total. The summed E-state index contributed by atoms with van der Waals surface area (Å²) in [6.45, 7) is -0.535. The van der Waals surface area contributed by atoms with E-state index in [2.05, 4.69) is 15.4 Å². The zero-order valence-corrected chi connectivity index (χ0v) is 22.0. The van der Waals surface area contributed by atoms with Crippen molar-refractivity contribution in [2.24, 2.45) is 0 Å². The molecule has 5 rings (SSSR count). The molecule has 2 aliphatic rings. The number of methoxy groups -OCH3 is 2. The Morgan fingerprint density at radius 2 is 1.72 bits per heavy atom. The maximum Gasteiger partial charge on any atom is 0.325 e. The van der Waals surface area contributed by atoms with Gasteiger partial charge >= 0.3 is 6.03 Å². The number of nitrogens with zero attached hydrogens (tertiary/aromatic N) is 1. The number of carbonyl (C=O) groups is 3. The van der Waals surface area contributed by atoms with E-state index in [-0.39, 0.29) is 16.3 Å². The van der Waals surface area contributed by atoms with Crippen LogP contribution >= 0.6 is 0 Å². The third-order valence-electron chi connectivity index (χ3n) is 6.80. The molecule has 0 bridgehead atoms. The molecular weight excluding hydrogens is 524 g/mol. The lowest BCUT2D eigenvalue weighted by molar-refractivity contribution is -0.134. The number of nitrogens with one attached hydrogen (secondary N) is 3. The van der Waals surface area contributed by atoms with Gasteiger partial charge in [-0.25, -0.2) is 13.2 Å². The molecule has 1 aliphatic heterocycles. The SMILES string of the molecule is COc1ccc(NS(=O)(=O)c2cc(NC(=O)CN3C(=O)NC4(CCc5ccccc54)C3=O)ccc2OC)cc1. The van der Waals surface area contributed by atoms with Crippen LogP contribution in [0.15, 0.2) is 71.6 Å². The fraction of sp³-hybridized carbons (Fsp3) is 0.222. The van der Waals surface area contributed by atoms with Crippen molar-refractivity contribution in [3.8, 4) is 11.5 Å². The van der Waals surface area contributed by atoms with Crippen molar-refractivity contribution in [1.82, 2.24) is 10.2 Å². The molecule has 1 spiro atoms. The Morgan fingerprint density at radius 3 is 2.44 bits per heavy atom. The number of imide groups is 1. The summed E-state index contributed by atoms with van der Waals surface area (Å²) in [6.07, 6.45) is 1.05. The van der Waals surface area contributed by atoms with Crippen molar-refractivity contribution < 1.29 is 32.3 Å². The summed E-state index contributed by atoms with van der Waals surface area (Å²) in [7, 11) is -1.28. The molecule has 1 atom stereocenters. The number of hydrogen-bond acceptors (Lipinski definition) is 7. The summed E-state index contributed by atoms with van der Waals surface area (Å²) in [5.74, 6) is -0.536. The lowest BCUT2D eigenvalue weighted by Crippen LogP contribution is -2.43. The third-order valence-corrected chi connectivity index (χ3v) is 8.21. The number of rotatable bonds is 8. The normalized spacial score (nSPS) is 18.1. The Balaban J connectivity index is 1.32. The van der Waals surface area contributed by atoms with Gasteiger partial charge in [0.2, 0.25) is 5.91 Å². The standard InChI is InChI=1S/C27H26N4O7S/c1-37-20-10-7-18(8-11-20)30-39(35,36)23-15-19(9-12-22(23)38-2)28-24(32)16-31-25(33)27(29-26(31)34)14-13-17-5-3-4-6-21(17)27/h3-12,15,30H,13-14,16H2,1-2H3,(H,28,32)(H,29,34). The molecule has 0 saturated carbocycles. The van der Waals surface area contributed by atoms with E-state index >= 15 is 0 Å². The topological polar surface area (TPSA) is 143 Å². The summed E-state index contributed by atoms with van der Waals surface area (Å²) in [5, 5.41) is 5.35. The number of benzene rings is 3. The van der Waals surface area contributed by atoms with E-state index in [1.54, 1.807) is 30.3 Å². The van der Waals surface area contributed by atoms with Crippen LogP contribution in [0.5, 0.6) is 11.5 Å². The van der Waals surface area contributed by atoms with Gasteiger partial charge in [0, 0.05) is 11.4 Å². The van der Waals surface area contributed by atoms with Gasteiger partial charge in [0.15, 0.2) is 0 Å². The van der Waals surface area contributed by atoms with Crippen LogP contribution in [-0.2, 0) is 31.6 Å². The quantitative estimate of drug-likeness (QED) is 0.366. The Kier molecular flexibility index (Phi) is 6.64. The Morgan fingerprint density at radius 1 is 1.00 bits per heavy atom. The van der Waals surface area contributed by atoms with Crippen LogP contribution in [0, 0.1) is 0 Å². The van der Waals surface area contributed by atoms with Gasteiger partial charge in [0.05, 0.1) is 14.2 Å². The maximum atomic E-state index is 13.3. The zero-order chi connectivity index (χ0) is 27.8. The van der Waals surface area contributed by atoms with Gasteiger partial charge in [-0.1, -0.05) is 24.3 Å². The molecule has 0 radical (unpaired) electrons. The van der Waals surface area contributed by atoms with Gasteiger partial charge in [0.25, 0.3) is 15.9 Å². The zero-order valence-electron chi connectivity index (χ0n) is 21.2. The van der Waals surface area contributed by atoms with E-state index in [0.717, 1.165) is 16.0 Å². The second-order valence-corrected chi connectivity index (χ2v) is 10.8. The Labute approximate surface area is 225 Å². The van der Waals surface area contributed by atoms with E-state index in [1.165, 1.54) is 32.4 Å². The second-order valence-electron chi connectivity index (χ2n) is 9.13. The molecule has 1 fully saturated rings. The summed E-state index contributed by atoms with van der Waals surface area (Å²) in [4.78, 5) is 39.6. The molecule has 202 valence electrons. The Hall–Kier alpha value is -4.58. The molecule has 3 aromatic carbocycles. The minimum atomic E-state index is -4.11. The van der Waals surface area contributed by atoms with E-state index in [9.17, 15) is 22.8 Å². The highest BCUT2D eigenvalue weighted by Gasteiger charge is 2.55. The van der Waals surface area contributed by atoms with Crippen LogP contribution < -0.4 is 24.8 Å².